The van der Waals surface area contributed by atoms with Crippen molar-refractivity contribution in [2.45, 2.75) is 158 Å². The number of carboxylic acid groups (broad SMARTS) is 1. The van der Waals surface area contributed by atoms with Crippen LogP contribution < -0.4 is 0 Å². The van der Waals surface area contributed by atoms with E-state index in [9.17, 15) is 14.7 Å². The molecule has 340 valence electrons. The zero-order valence-corrected chi connectivity index (χ0v) is 39.9. The fourth-order valence-corrected chi connectivity index (χ4v) is 15.8. The van der Waals surface area contributed by atoms with Crippen LogP contribution in [-0.2, 0) is 25.7 Å². The van der Waals surface area contributed by atoms with Crippen molar-refractivity contribution >= 4 is 17.8 Å². The summed E-state index contributed by atoms with van der Waals surface area (Å²) in [5.41, 5.74) is 1.88. The molecule has 11 atom stereocenters. The number of amides is 1. The number of imidazole rings is 1. The molecular formula is C53H78N4O5. The van der Waals surface area contributed by atoms with E-state index in [0.717, 1.165) is 107 Å². The molecule has 5 aliphatic carbocycles. The van der Waals surface area contributed by atoms with Crippen LogP contribution >= 0.6 is 0 Å². The van der Waals surface area contributed by atoms with Gasteiger partial charge in [0.1, 0.15) is 11.9 Å². The minimum Gasteiger partial charge on any atom is -0.481 e. The smallest absolute Gasteiger partial charge is 0.309 e. The Kier molecular flexibility index (Phi) is 11.6. The van der Waals surface area contributed by atoms with Gasteiger partial charge in [-0.25, -0.2) is 4.98 Å². The van der Waals surface area contributed by atoms with Crippen LogP contribution in [0.15, 0.2) is 48.7 Å². The molecule has 9 nitrogen and oxygen atoms in total. The lowest BCUT2D eigenvalue weighted by Crippen LogP contribution is -2.67. The third-order valence-corrected chi connectivity index (χ3v) is 19.3. The Morgan fingerprint density at radius 2 is 1.63 bits per heavy atom. The molecule has 1 N–H and O–H groups in total. The molecule has 2 aromatic rings. The number of ether oxygens (including phenoxy) is 1. The zero-order chi connectivity index (χ0) is 44.8. The monoisotopic (exact) mass is 851 g/mol. The highest BCUT2D eigenvalue weighted by atomic mass is 16.5. The first-order valence-corrected chi connectivity index (χ1v) is 24.3. The van der Waals surface area contributed by atoms with Crippen LogP contribution in [0.25, 0.3) is 11.3 Å². The van der Waals surface area contributed by atoms with Crippen LogP contribution in [-0.4, -0.2) is 75.6 Å². The number of carboxylic acids is 1. The fourth-order valence-electron chi connectivity index (χ4n) is 15.8. The Bertz CT molecular complexity index is 2060. The predicted octanol–water partition coefficient (Wildman–Crippen LogP) is 10.8. The minimum absolute atomic E-state index is 0.0285. The van der Waals surface area contributed by atoms with Crippen molar-refractivity contribution in [3.63, 3.8) is 0 Å². The van der Waals surface area contributed by atoms with E-state index in [0.29, 0.717) is 29.6 Å². The number of likely N-dealkylation sites (tertiary alicyclic amines) is 1. The van der Waals surface area contributed by atoms with E-state index in [2.05, 4.69) is 113 Å². The van der Waals surface area contributed by atoms with E-state index in [1.54, 1.807) is 13.8 Å². The largest absolute Gasteiger partial charge is 0.481 e. The summed E-state index contributed by atoms with van der Waals surface area (Å²) in [7, 11) is 4.24. The van der Waals surface area contributed by atoms with E-state index in [4.69, 9.17) is 9.72 Å². The van der Waals surface area contributed by atoms with Crippen molar-refractivity contribution in [2.75, 3.05) is 27.2 Å². The lowest BCUT2D eigenvalue weighted by atomic mass is 9.32. The summed E-state index contributed by atoms with van der Waals surface area (Å²) < 4.78 is 8.58. The van der Waals surface area contributed by atoms with Gasteiger partial charge in [-0.05, 0) is 158 Å². The molecule has 6 fully saturated rings. The maximum atomic E-state index is 15.9. The van der Waals surface area contributed by atoms with Gasteiger partial charge in [0.05, 0.1) is 29.0 Å². The van der Waals surface area contributed by atoms with Gasteiger partial charge >= 0.3 is 11.9 Å². The fraction of sp³-hybridized carbons (Fsp3) is 0.736. The molecular weight excluding hydrogens is 773 g/mol. The molecule has 6 aliphatic rings. The van der Waals surface area contributed by atoms with Crippen LogP contribution in [0.5, 0.6) is 0 Å². The molecule has 8 rings (SSSR count). The number of carbonyl (C=O) groups is 3. The summed E-state index contributed by atoms with van der Waals surface area (Å²) in [6, 6.07) is 10.4. The van der Waals surface area contributed by atoms with Crippen molar-refractivity contribution in [3.8, 4) is 11.3 Å². The Morgan fingerprint density at radius 3 is 2.31 bits per heavy atom. The number of hydrogen-bond donors (Lipinski definition) is 1. The molecule has 0 unspecified atom stereocenters. The van der Waals surface area contributed by atoms with E-state index >= 15 is 4.79 Å². The van der Waals surface area contributed by atoms with E-state index in [-0.39, 0.29) is 51.6 Å². The number of esters is 1. The molecule has 2 heterocycles. The number of aliphatic carboxylic acids is 1. The SMILES string of the molecule is C=C(C)[C@@H]1CC[C@]2(C(=O)N3CCC[C@H]3c3nc(-c4ccccc4)cn3CCN(C)C)CC[C@]3(C)[C@H](CC[C@@H]4[C@@]5(C)CC[C@H](OC(=O)CC(C)(C)C(=O)O)C(C)(C)[C@@H]5CC[C@]43C)[C@@H]12. The number of nitrogens with zero attached hydrogens (tertiary/aromatic N) is 4. The summed E-state index contributed by atoms with van der Waals surface area (Å²) in [5.74, 6) is 2.06. The number of likely N-dealkylation sites (N-methyl/N-ethyl adjacent to an activating group) is 1. The summed E-state index contributed by atoms with van der Waals surface area (Å²) in [6.45, 7) is 25.1. The number of hydrogen-bond acceptors (Lipinski definition) is 6. The number of benzene rings is 1. The quantitative estimate of drug-likeness (QED) is 0.177. The standard InChI is InChI=1S/C53H78N4O5/c1-34(2)36-21-26-53(46(59)57-29-15-18-39(57)45-54-38(35-16-13-12-14-17-35)33-56(45)31-30-55(10)11)28-27-51(8)37(44(36)53)19-20-41-50(7)24-23-42(62-43(58)32-48(3,4)47(60)61)49(5,6)40(50)22-25-52(41,51)9/h12-14,16-17,33,36-37,39-42,44H,1,15,18-32H2,2-11H3,(H,60,61)/t36-,37+,39-,40-,41+,42-,44+,50-,51+,52+,53-/m0/s1. The molecule has 0 radical (unpaired) electrons. The lowest BCUT2D eigenvalue weighted by molar-refractivity contribution is -0.250. The van der Waals surface area contributed by atoms with E-state index in [1.807, 2.05) is 0 Å². The summed E-state index contributed by atoms with van der Waals surface area (Å²) >= 11 is 0. The number of aromatic nitrogens is 2. The summed E-state index contributed by atoms with van der Waals surface area (Å²) in [6.07, 6.45) is 14.2. The maximum absolute atomic E-state index is 15.9. The first-order valence-electron chi connectivity index (χ1n) is 24.3. The normalized spacial score (nSPS) is 37.5. The first kappa shape index (κ1) is 45.1. The maximum Gasteiger partial charge on any atom is 0.309 e. The Morgan fingerprint density at radius 1 is 0.903 bits per heavy atom. The lowest BCUT2D eigenvalue weighted by Gasteiger charge is -2.73. The summed E-state index contributed by atoms with van der Waals surface area (Å²) in [4.78, 5) is 50.8. The van der Waals surface area contributed by atoms with Gasteiger partial charge < -0.3 is 24.2 Å². The Hall–Kier alpha value is -3.46. The minimum atomic E-state index is -1.16. The van der Waals surface area contributed by atoms with Crippen molar-refractivity contribution in [1.82, 2.24) is 19.4 Å². The molecule has 9 heteroatoms. The average molecular weight is 851 g/mol. The van der Waals surface area contributed by atoms with Crippen LogP contribution in [0.2, 0.25) is 0 Å². The van der Waals surface area contributed by atoms with Crippen LogP contribution in [0.4, 0.5) is 0 Å². The van der Waals surface area contributed by atoms with Crippen LogP contribution in [0.3, 0.4) is 0 Å². The van der Waals surface area contributed by atoms with Crippen LogP contribution in [0, 0.1) is 62.1 Å². The molecule has 1 saturated heterocycles. The van der Waals surface area contributed by atoms with Gasteiger partial charge in [0, 0.05) is 36.8 Å². The molecule has 62 heavy (non-hydrogen) atoms. The van der Waals surface area contributed by atoms with Gasteiger partial charge in [0.25, 0.3) is 0 Å². The molecule has 0 spiro atoms. The predicted molar refractivity (Wildman–Crippen MR) is 245 cm³/mol. The second-order valence-electron chi connectivity index (χ2n) is 23.5. The van der Waals surface area contributed by atoms with E-state index in [1.165, 1.54) is 12.0 Å². The molecule has 5 saturated carbocycles. The number of rotatable bonds is 11. The number of carbonyl (C=O) groups excluding carboxylic acids is 2. The van der Waals surface area contributed by atoms with Gasteiger partial charge in [-0.1, -0.05) is 77.1 Å². The summed E-state index contributed by atoms with van der Waals surface area (Å²) in [5, 5.41) is 9.70. The van der Waals surface area contributed by atoms with Crippen LogP contribution in [0.1, 0.15) is 151 Å². The molecule has 1 aromatic heterocycles. The highest BCUT2D eigenvalue weighted by Crippen LogP contribution is 2.78. The van der Waals surface area contributed by atoms with E-state index < -0.39 is 17.4 Å². The Labute approximate surface area is 372 Å². The van der Waals surface area contributed by atoms with Gasteiger partial charge in [-0.15, -0.1) is 0 Å². The molecule has 1 aliphatic heterocycles. The molecule has 0 bridgehead atoms. The topological polar surface area (TPSA) is 105 Å². The number of allylic oxidation sites excluding steroid dienone is 1. The van der Waals surface area contributed by atoms with Crippen molar-refractivity contribution in [1.29, 1.82) is 0 Å². The van der Waals surface area contributed by atoms with Gasteiger partial charge in [-0.2, -0.15) is 0 Å². The highest BCUT2D eigenvalue weighted by molar-refractivity contribution is 5.85. The number of fused-ring (bicyclic) bond motifs is 7. The highest BCUT2D eigenvalue weighted by Gasteiger charge is 2.72. The first-order chi connectivity index (χ1) is 29.1. The second-order valence-corrected chi connectivity index (χ2v) is 23.5. The third kappa shape index (κ3) is 7.03. The second kappa shape index (κ2) is 15.9. The van der Waals surface area contributed by atoms with Gasteiger partial charge in [0.15, 0.2) is 0 Å². The van der Waals surface area contributed by atoms with Crippen molar-refractivity contribution in [2.24, 2.45) is 62.1 Å². The van der Waals surface area contributed by atoms with Gasteiger partial charge in [0.2, 0.25) is 5.91 Å². The van der Waals surface area contributed by atoms with Gasteiger partial charge in [-0.3, -0.25) is 14.4 Å². The van der Waals surface area contributed by atoms with Crippen molar-refractivity contribution < 1.29 is 24.2 Å². The molecule has 1 amide bonds. The zero-order valence-electron chi connectivity index (χ0n) is 39.9. The molecule has 1 aromatic carbocycles. The van der Waals surface area contributed by atoms with Crippen molar-refractivity contribution in [3.05, 3.63) is 54.5 Å². The average Bonchev–Trinajstić information content (AvgIpc) is 3.96. The Balaban J connectivity index is 1.08. The third-order valence-electron chi connectivity index (χ3n) is 19.3.